The molecule has 4 aromatic heterocycles. The first kappa shape index (κ1) is 111. The third-order valence-electron chi connectivity index (χ3n) is 31.5. The van der Waals surface area contributed by atoms with E-state index in [2.05, 4.69) is 92.6 Å². The van der Waals surface area contributed by atoms with Crippen molar-refractivity contribution in [2.24, 2.45) is 5.92 Å². The number of aliphatic carboxylic acids is 2. The van der Waals surface area contributed by atoms with Gasteiger partial charge in [-0.25, -0.2) is 18.7 Å². The summed E-state index contributed by atoms with van der Waals surface area (Å²) < 4.78 is 77.4. The Balaban J connectivity index is 0.000000141. The van der Waals surface area contributed by atoms with Gasteiger partial charge >= 0.3 is 11.9 Å². The molecule has 5 aliphatic carbocycles. The molecule has 4 N–H and O–H groups in total. The number of pyridine rings is 4. The van der Waals surface area contributed by atoms with Gasteiger partial charge in [-0.15, -0.1) is 0 Å². The second-order valence-corrected chi connectivity index (χ2v) is 45.3. The zero-order chi connectivity index (χ0) is 104. The van der Waals surface area contributed by atoms with Crippen LogP contribution in [0.5, 0.6) is 0 Å². The number of benzene rings is 4. The number of carbonyl (C=O) groups excluding carboxylic acids is 2. The van der Waals surface area contributed by atoms with Crippen molar-refractivity contribution in [1.29, 1.82) is 0 Å². The Hall–Kier alpha value is -9.26. The molecule has 1 unspecified atom stereocenters. The van der Waals surface area contributed by atoms with Crippen molar-refractivity contribution >= 4 is 35.1 Å². The van der Waals surface area contributed by atoms with E-state index in [0.29, 0.717) is 91.5 Å². The molecule has 10 heterocycles. The minimum Gasteiger partial charge on any atom is -0.480 e. The largest absolute Gasteiger partial charge is 0.480 e. The number of Topliss-reactive ketones (excluding diaryl/α,β-unsaturated/α-hetero) is 2. The summed E-state index contributed by atoms with van der Waals surface area (Å²) >= 11 is 0. The van der Waals surface area contributed by atoms with Crippen molar-refractivity contribution in [3.8, 4) is 0 Å². The number of rotatable bonds is 48. The molecule has 4 saturated heterocycles. The minimum atomic E-state index is -0.819. The van der Waals surface area contributed by atoms with Crippen LogP contribution in [0.2, 0.25) is 0 Å². The number of nitrogens with one attached hydrogen (secondary N) is 2. The molecule has 8 atom stereocenters. The van der Waals surface area contributed by atoms with E-state index in [4.69, 9.17) is 57.8 Å². The molecule has 4 aromatic carbocycles. The van der Waals surface area contributed by atoms with E-state index in [-0.39, 0.29) is 64.4 Å². The van der Waals surface area contributed by atoms with Crippen LogP contribution in [0.3, 0.4) is 0 Å². The van der Waals surface area contributed by atoms with Crippen LogP contribution in [0.1, 0.15) is 339 Å². The van der Waals surface area contributed by atoms with Crippen LogP contribution in [0, 0.1) is 31.4 Å². The molecule has 24 nitrogen and oxygen atoms in total. The summed E-state index contributed by atoms with van der Waals surface area (Å²) in [7, 11) is 0. The molecule has 0 spiro atoms. The number of carboxylic acids is 2. The molecule has 26 heteroatoms. The fourth-order valence-corrected chi connectivity index (χ4v) is 22.2. The molecule has 0 bridgehead atoms. The van der Waals surface area contributed by atoms with E-state index in [9.17, 15) is 38.2 Å². The standard InChI is InChI=1S/C31H42N2O4.C31H44N2O4.2C30H40FN3O3/c1-22-9-12-25(21-36-20-23-10-11-23)28(18-22)30(31(34)35)33-16-15-27(19-33)37-17-5-4-7-26-14-13-24-6-2-3-8-29(24)32-26;1-22-12-13-24(21-37-31(2,3)4)27(19-22)29(30(34)35)33-17-16-26(20-33)36-18-8-7-10-25-15-14-23-9-5-6-11-28(23)32-25;2*1-21(35)28(27-18-24(31)10-8-23(27)20-37-30(2)13-14-30)34-16-12-26(19-34)36-17-4-3-7-25-11-9-22-6-5-15-32-29(22)33-25/h9,12-14,18,23,27,30H,2-8,10-11,15-17,19-21H2,1H3,(H,34,35);12-15,19,26,29H,5-11,16-18,20-21H2,1-4H3,(H,34,35);2*8-11,18,26,28H,3-7,12-17,19-20H2,1-2H3,(H,32,33)/t27-,30+;26-,29?;26-,28+;26-,28-/m1111/s1. The van der Waals surface area contributed by atoms with Crippen molar-refractivity contribution in [2.75, 3.05) is 109 Å². The number of aryl methyl sites for hydroxylation is 12. The van der Waals surface area contributed by atoms with E-state index >= 15 is 0 Å². The van der Waals surface area contributed by atoms with E-state index in [1.54, 1.807) is 26.0 Å². The summed E-state index contributed by atoms with van der Waals surface area (Å²) in [6.07, 6.45) is 36.8. The second-order valence-electron chi connectivity index (χ2n) is 45.3. The van der Waals surface area contributed by atoms with Gasteiger partial charge in [0, 0.05) is 133 Å². The molecule has 11 aliphatic rings. The lowest BCUT2D eigenvalue weighted by atomic mass is 9.95. The molecule has 19 rings (SSSR count). The predicted molar refractivity (Wildman–Crippen MR) is 574 cm³/mol. The lowest BCUT2D eigenvalue weighted by molar-refractivity contribution is -0.144. The number of fused-ring (bicyclic) bond motifs is 4. The van der Waals surface area contributed by atoms with Gasteiger partial charge in [0.15, 0.2) is 11.6 Å². The highest BCUT2D eigenvalue weighted by atomic mass is 19.1. The smallest absolute Gasteiger partial charge is 0.325 e. The van der Waals surface area contributed by atoms with Gasteiger partial charge in [-0.05, 0) is 402 Å². The summed E-state index contributed by atoms with van der Waals surface area (Å²) in [5.41, 5.74) is 21.4. The Kier molecular flexibility index (Phi) is 40.5. The summed E-state index contributed by atoms with van der Waals surface area (Å²) in [4.78, 5) is 78.2. The number of carbonyl (C=O) groups is 4. The average molecular weight is 2030 g/mol. The van der Waals surface area contributed by atoms with Crippen LogP contribution < -0.4 is 10.6 Å². The lowest BCUT2D eigenvalue weighted by Crippen LogP contribution is -2.34. The number of aromatic nitrogens is 4. The molecule has 148 heavy (non-hydrogen) atoms. The Morgan fingerprint density at radius 3 is 1.11 bits per heavy atom. The Morgan fingerprint density at radius 2 is 0.743 bits per heavy atom. The molecule has 6 aliphatic heterocycles. The lowest BCUT2D eigenvalue weighted by Gasteiger charge is -2.28. The van der Waals surface area contributed by atoms with Gasteiger partial charge < -0.3 is 58.7 Å². The number of hydrogen-bond donors (Lipinski definition) is 4. The summed E-state index contributed by atoms with van der Waals surface area (Å²) in [6.45, 7) is 30.4. The number of carboxylic acid groups (broad SMARTS) is 2. The third-order valence-corrected chi connectivity index (χ3v) is 31.5. The van der Waals surface area contributed by atoms with Gasteiger partial charge in [-0.2, -0.15) is 0 Å². The van der Waals surface area contributed by atoms with Crippen molar-refractivity contribution in [2.45, 2.75) is 372 Å². The first-order chi connectivity index (χ1) is 71.6. The van der Waals surface area contributed by atoms with Crippen LogP contribution in [0.4, 0.5) is 20.4 Å². The number of hydrogen-bond acceptors (Lipinski definition) is 22. The summed E-state index contributed by atoms with van der Waals surface area (Å²) in [6, 6.07) is 37.0. The second kappa shape index (κ2) is 53.8. The Labute approximate surface area is 878 Å². The molecule has 7 fully saturated rings. The Bertz CT molecular complexity index is 5310. The number of ketones is 2. The van der Waals surface area contributed by atoms with Gasteiger partial charge in [0.25, 0.3) is 0 Å². The van der Waals surface area contributed by atoms with Crippen LogP contribution in [-0.2, 0) is 148 Å². The topological polar surface area (TPSA) is 271 Å². The molecular weight excluding hydrogens is 1870 g/mol. The molecule has 802 valence electrons. The van der Waals surface area contributed by atoms with Gasteiger partial charge in [0.1, 0.15) is 35.4 Å². The van der Waals surface area contributed by atoms with Crippen molar-refractivity contribution < 1.29 is 76.1 Å². The van der Waals surface area contributed by atoms with Gasteiger partial charge in [0.2, 0.25) is 0 Å². The number of unbranched alkanes of at least 4 members (excludes halogenated alkanes) is 4. The fourth-order valence-electron chi connectivity index (χ4n) is 22.2. The van der Waals surface area contributed by atoms with Gasteiger partial charge in [0.05, 0.1) is 79.7 Å². The normalized spacial score (nSPS) is 20.6. The van der Waals surface area contributed by atoms with Gasteiger partial charge in [-0.3, -0.25) is 48.7 Å². The molecule has 0 amide bonds. The highest BCUT2D eigenvalue weighted by Crippen LogP contribution is 2.44. The zero-order valence-electron chi connectivity index (χ0n) is 89.8. The molecular formula is C122H166F2N10O14. The first-order valence-electron chi connectivity index (χ1n) is 56.1. The minimum absolute atomic E-state index is 0.0252. The van der Waals surface area contributed by atoms with Crippen molar-refractivity contribution in [1.82, 2.24) is 39.5 Å². The third kappa shape index (κ3) is 33.1. The van der Waals surface area contributed by atoms with Crippen LogP contribution in [0.25, 0.3) is 0 Å². The maximum Gasteiger partial charge on any atom is 0.325 e. The van der Waals surface area contributed by atoms with E-state index in [1.807, 2.05) is 71.0 Å². The number of likely N-dealkylation sites (tertiary alicyclic amines) is 4. The average Bonchev–Trinajstić information content (AvgIpc) is 1.61. The van der Waals surface area contributed by atoms with Gasteiger partial charge in [-0.1, -0.05) is 83.9 Å². The Morgan fingerprint density at radius 1 is 0.405 bits per heavy atom. The zero-order valence-corrected chi connectivity index (χ0v) is 89.8. The van der Waals surface area contributed by atoms with Crippen LogP contribution in [-0.4, -0.2) is 213 Å². The van der Waals surface area contributed by atoms with Crippen molar-refractivity contribution in [3.05, 3.63) is 245 Å². The number of anilines is 2. The highest BCUT2D eigenvalue weighted by molar-refractivity contribution is 5.84. The van der Waals surface area contributed by atoms with E-state index < -0.39 is 36.1 Å². The summed E-state index contributed by atoms with van der Waals surface area (Å²) in [5, 5.41) is 27.2. The predicted octanol–water partition coefficient (Wildman–Crippen LogP) is 22.0. The quantitative estimate of drug-likeness (QED) is 0.0258. The molecule has 0 radical (unpaired) electrons. The molecule has 3 saturated carbocycles. The number of ether oxygens (including phenoxy) is 8. The fraction of sp³-hybridized carbons (Fsp3) is 0.607. The number of nitrogens with zero attached hydrogens (tertiary/aromatic N) is 8. The first-order valence-corrected chi connectivity index (χ1v) is 56.1. The van der Waals surface area contributed by atoms with Crippen molar-refractivity contribution in [3.63, 3.8) is 0 Å². The summed E-state index contributed by atoms with van der Waals surface area (Å²) in [5.74, 6) is 0.594. The monoisotopic (exact) mass is 2030 g/mol. The maximum atomic E-state index is 14.3. The van der Waals surface area contributed by atoms with Crippen LogP contribution >= 0.6 is 0 Å². The van der Waals surface area contributed by atoms with E-state index in [1.165, 1.54) is 134 Å². The number of halogens is 2. The van der Waals surface area contributed by atoms with E-state index in [0.717, 1.165) is 272 Å². The SMILES string of the molecule is CC(=O)[C@@H](c1cc(F)ccc1COC1(C)CC1)N1CC[C@@H](OCCCCc2ccc3c(n2)NCCC3)C1.CC(=O)[C@H](c1cc(F)ccc1COC1(C)CC1)N1CC[C@@H](OCCCCc2ccc3c(n2)NCCC3)C1.Cc1ccc(COC(C)(C)C)c(C(C(=O)O)N2CC[C@@H](OCCCCc3ccc4c(n3)CCCC4)C2)c1.Cc1ccc(COCC2CC2)c([C@@H](C(=O)O)N2CC[C@@H](OCCCCc3ccc4c(n3)CCCC4)C2)c1. The molecule has 8 aromatic rings. The highest BCUT2D eigenvalue weighted by Gasteiger charge is 2.44. The van der Waals surface area contributed by atoms with Crippen LogP contribution in [0.15, 0.2) is 121 Å². The maximum absolute atomic E-state index is 14.3.